The van der Waals surface area contributed by atoms with Crippen molar-refractivity contribution in [2.24, 2.45) is 0 Å². The predicted molar refractivity (Wildman–Crippen MR) is 361 cm³/mol. The van der Waals surface area contributed by atoms with Gasteiger partial charge in [0, 0.05) is 12.8 Å². The molecule has 0 heterocycles. The molecule has 486 valence electrons. The summed E-state index contributed by atoms with van der Waals surface area (Å²) in [5.41, 5.74) is 0. The van der Waals surface area contributed by atoms with Crippen LogP contribution in [0.25, 0.3) is 0 Å². The van der Waals surface area contributed by atoms with Crippen LogP contribution >= 0.6 is 0 Å². The maximum atomic E-state index is 12.9. The number of nitrogens with zero attached hydrogens (tertiary/aromatic N) is 1. The zero-order valence-corrected chi connectivity index (χ0v) is 55.4. The summed E-state index contributed by atoms with van der Waals surface area (Å²) in [7, 11) is 5.93. The number of carboxylic acids is 1. The number of carbonyl (C=O) groups is 3. The third-order valence-electron chi connectivity index (χ3n) is 14.7. The van der Waals surface area contributed by atoms with Gasteiger partial charge in [-0.1, -0.05) is 302 Å². The average Bonchev–Trinajstić information content (AvgIpc) is 3.49. The minimum Gasteiger partial charge on any atom is -0.545 e. The van der Waals surface area contributed by atoms with Gasteiger partial charge in [0.2, 0.25) is 0 Å². The van der Waals surface area contributed by atoms with E-state index in [1.165, 1.54) is 141 Å². The molecule has 0 aromatic heterocycles. The van der Waals surface area contributed by atoms with Gasteiger partial charge in [-0.25, -0.2) is 0 Å². The number of hydrogen-bond acceptors (Lipinski definition) is 8. The van der Waals surface area contributed by atoms with Crippen molar-refractivity contribution in [2.45, 2.75) is 296 Å². The van der Waals surface area contributed by atoms with Crippen molar-refractivity contribution < 1.29 is 42.9 Å². The summed E-state index contributed by atoms with van der Waals surface area (Å²) in [5, 5.41) is 11.8. The van der Waals surface area contributed by atoms with Gasteiger partial charge in [-0.15, -0.1) is 0 Å². The third kappa shape index (κ3) is 67.1. The minimum absolute atomic E-state index is 0.144. The summed E-state index contributed by atoms with van der Waals surface area (Å²) in [6.07, 6.45) is 89.9. The van der Waals surface area contributed by atoms with Crippen molar-refractivity contribution >= 4 is 17.9 Å². The van der Waals surface area contributed by atoms with Gasteiger partial charge in [-0.2, -0.15) is 0 Å². The quantitative estimate of drug-likeness (QED) is 0.0195. The fourth-order valence-corrected chi connectivity index (χ4v) is 9.45. The molecule has 0 aliphatic heterocycles. The van der Waals surface area contributed by atoms with E-state index in [1.54, 1.807) is 0 Å². The molecule has 0 aliphatic rings. The van der Waals surface area contributed by atoms with Gasteiger partial charge in [0.1, 0.15) is 13.2 Å². The predicted octanol–water partition coefficient (Wildman–Crippen LogP) is 20.2. The number of esters is 2. The van der Waals surface area contributed by atoms with Crippen LogP contribution in [0.2, 0.25) is 0 Å². The Labute approximate surface area is 523 Å². The Bertz CT molecular complexity index is 1810. The molecule has 2 atom stereocenters. The highest BCUT2D eigenvalue weighted by Gasteiger charge is 2.22. The molecule has 0 spiro atoms. The zero-order chi connectivity index (χ0) is 61.9. The van der Waals surface area contributed by atoms with E-state index in [0.717, 1.165) is 109 Å². The second-order valence-corrected chi connectivity index (χ2v) is 24.1. The first-order valence-corrected chi connectivity index (χ1v) is 34.7. The Balaban J connectivity index is 4.13. The lowest BCUT2D eigenvalue weighted by Crippen LogP contribution is -2.44. The lowest BCUT2D eigenvalue weighted by Gasteiger charge is -2.26. The largest absolute Gasteiger partial charge is 0.545 e. The first kappa shape index (κ1) is 80.7. The van der Waals surface area contributed by atoms with Gasteiger partial charge in [0.25, 0.3) is 0 Å². The molecule has 0 amide bonds. The van der Waals surface area contributed by atoms with Crippen molar-refractivity contribution in [2.75, 3.05) is 47.5 Å². The Morgan fingerprint density at radius 3 is 1.00 bits per heavy atom. The number of carboxylic acid groups (broad SMARTS) is 1. The van der Waals surface area contributed by atoms with Crippen molar-refractivity contribution in [3.63, 3.8) is 0 Å². The van der Waals surface area contributed by atoms with Gasteiger partial charge >= 0.3 is 11.9 Å². The molecule has 0 aliphatic carbocycles. The SMILES string of the molecule is CC/C=C\C/C=C\C/C=C\C/C=C\C/C=C\C/C=C\C/C=C\C/C=C\C/C=C\C/C=C\CCCCCCCCCCCCC(=O)OC(COC(=O)CCCCCCCCCCCCCCCCCCCCC)COC(OCC[N+](C)(C)C)C(=O)[O-]. The van der Waals surface area contributed by atoms with E-state index in [-0.39, 0.29) is 32.2 Å². The van der Waals surface area contributed by atoms with Gasteiger partial charge in [0.15, 0.2) is 12.4 Å². The van der Waals surface area contributed by atoms with Crippen LogP contribution in [0, 0.1) is 0 Å². The molecule has 0 saturated heterocycles. The van der Waals surface area contributed by atoms with Crippen molar-refractivity contribution in [3.8, 4) is 0 Å². The molecule has 0 aromatic carbocycles. The number of quaternary nitrogens is 1. The van der Waals surface area contributed by atoms with E-state index in [9.17, 15) is 19.5 Å². The third-order valence-corrected chi connectivity index (χ3v) is 14.7. The molecule has 0 fully saturated rings. The second-order valence-electron chi connectivity index (χ2n) is 24.1. The van der Waals surface area contributed by atoms with Crippen LogP contribution < -0.4 is 5.11 Å². The zero-order valence-electron chi connectivity index (χ0n) is 55.4. The van der Waals surface area contributed by atoms with Crippen LogP contribution in [-0.2, 0) is 33.3 Å². The summed E-state index contributed by atoms with van der Waals surface area (Å²) in [6, 6.07) is 0. The Hall–Kier alpha value is -4.31. The molecular formula is C76H129NO8. The molecular weight excluding hydrogens is 1050 g/mol. The number of rotatable bonds is 63. The number of hydrogen-bond donors (Lipinski definition) is 0. The smallest absolute Gasteiger partial charge is 0.306 e. The lowest BCUT2D eigenvalue weighted by molar-refractivity contribution is -0.870. The van der Waals surface area contributed by atoms with Gasteiger partial charge in [-0.05, 0) is 89.9 Å². The maximum absolute atomic E-state index is 12.9. The Kier molecular flexibility index (Phi) is 62.3. The normalized spacial score (nSPS) is 13.5. The van der Waals surface area contributed by atoms with Crippen LogP contribution in [0.1, 0.15) is 284 Å². The summed E-state index contributed by atoms with van der Waals surface area (Å²) in [5.74, 6) is -2.28. The topological polar surface area (TPSA) is 111 Å². The molecule has 9 nitrogen and oxygen atoms in total. The number of likely N-dealkylation sites (N-methyl/N-ethyl adjacent to an activating group) is 1. The molecule has 0 aromatic rings. The molecule has 0 rings (SSSR count). The first-order valence-electron chi connectivity index (χ1n) is 34.7. The number of unbranched alkanes of at least 4 members (excludes halogenated alkanes) is 28. The van der Waals surface area contributed by atoms with Crippen LogP contribution in [0.4, 0.5) is 0 Å². The molecule has 9 heteroatoms. The Morgan fingerprint density at radius 1 is 0.365 bits per heavy atom. The standard InChI is InChI=1S/C76H129NO8/c1-6-8-10-12-14-16-18-20-22-24-26-27-28-29-30-31-32-33-34-35-36-37-38-39-40-41-42-43-44-45-46-47-49-51-53-55-57-59-61-63-65-67-74(79)85-72(71-84-76(75(80)81)82-69-68-77(3,4)5)70-83-73(78)66-64-62-60-58-56-54-52-50-48-25-23-21-19-17-15-13-11-9-7-2/h8,10,14,16,20,22,26-27,29-30,32-33,35-36,38-39,41-42,44-45,72,76H,6-7,9,11-13,15,17-19,21,23-25,28,31,34,37,40,43,46-71H2,1-5H3/b10-8-,16-14-,22-20-,27-26-,30-29-,33-32-,36-35-,39-38-,42-41-,45-44-. The summed E-state index contributed by atoms with van der Waals surface area (Å²) >= 11 is 0. The van der Waals surface area contributed by atoms with Crippen molar-refractivity contribution in [3.05, 3.63) is 122 Å². The van der Waals surface area contributed by atoms with Gasteiger partial charge < -0.3 is 33.3 Å². The monoisotopic (exact) mass is 1180 g/mol. The van der Waals surface area contributed by atoms with Crippen molar-refractivity contribution in [1.29, 1.82) is 0 Å². The van der Waals surface area contributed by atoms with E-state index < -0.39 is 24.3 Å². The molecule has 0 N–H and O–H groups in total. The van der Waals surface area contributed by atoms with Crippen molar-refractivity contribution in [1.82, 2.24) is 0 Å². The van der Waals surface area contributed by atoms with Gasteiger partial charge in [-0.3, -0.25) is 9.59 Å². The minimum atomic E-state index is -1.63. The van der Waals surface area contributed by atoms with Gasteiger partial charge in [0.05, 0.1) is 40.3 Å². The lowest BCUT2D eigenvalue weighted by atomic mass is 10.0. The average molecular weight is 1180 g/mol. The Morgan fingerprint density at radius 2 is 0.671 bits per heavy atom. The van der Waals surface area contributed by atoms with Crippen LogP contribution in [0.3, 0.4) is 0 Å². The maximum Gasteiger partial charge on any atom is 0.306 e. The van der Waals surface area contributed by atoms with E-state index in [1.807, 2.05) is 21.1 Å². The molecule has 0 radical (unpaired) electrons. The highest BCUT2D eigenvalue weighted by molar-refractivity contribution is 5.70. The number of allylic oxidation sites excluding steroid dienone is 20. The summed E-state index contributed by atoms with van der Waals surface area (Å²) < 4.78 is 22.8. The molecule has 0 saturated carbocycles. The summed E-state index contributed by atoms with van der Waals surface area (Å²) in [6.45, 7) is 4.65. The number of ether oxygens (including phenoxy) is 4. The van der Waals surface area contributed by atoms with Crippen LogP contribution in [0.5, 0.6) is 0 Å². The highest BCUT2D eigenvalue weighted by atomic mass is 16.7. The van der Waals surface area contributed by atoms with E-state index >= 15 is 0 Å². The van der Waals surface area contributed by atoms with E-state index in [4.69, 9.17) is 18.9 Å². The van der Waals surface area contributed by atoms with E-state index in [0.29, 0.717) is 23.9 Å². The van der Waals surface area contributed by atoms with Crippen LogP contribution in [0.15, 0.2) is 122 Å². The second kappa shape index (κ2) is 65.7. The number of carbonyl (C=O) groups excluding carboxylic acids is 3. The summed E-state index contributed by atoms with van der Waals surface area (Å²) in [4.78, 5) is 37.4. The van der Waals surface area contributed by atoms with Crippen LogP contribution in [-0.4, -0.2) is 82.3 Å². The number of aliphatic carboxylic acids is 1. The molecule has 0 bridgehead atoms. The fourth-order valence-electron chi connectivity index (χ4n) is 9.45. The first-order chi connectivity index (χ1) is 41.6. The van der Waals surface area contributed by atoms with E-state index in [2.05, 4.69) is 135 Å². The highest BCUT2D eigenvalue weighted by Crippen LogP contribution is 2.17. The fraction of sp³-hybridized carbons (Fsp3) is 0.697. The molecule has 2 unspecified atom stereocenters. The molecule has 85 heavy (non-hydrogen) atoms.